The van der Waals surface area contributed by atoms with E-state index in [1.807, 2.05) is 23.6 Å². The molecular formula is C60H84N8O8. The number of alkyl carbamates (subject to hydrolysis) is 2. The van der Waals surface area contributed by atoms with Gasteiger partial charge in [-0.25, -0.2) is 19.6 Å². The lowest BCUT2D eigenvalue weighted by Gasteiger charge is -2.42. The van der Waals surface area contributed by atoms with E-state index < -0.39 is 36.5 Å². The second kappa shape index (κ2) is 22.6. The van der Waals surface area contributed by atoms with E-state index in [1.54, 1.807) is 14.2 Å². The summed E-state index contributed by atoms with van der Waals surface area (Å²) < 4.78 is 21.2. The molecule has 10 fully saturated rings. The third-order valence-electron chi connectivity index (χ3n) is 20.5. The van der Waals surface area contributed by atoms with Crippen LogP contribution in [-0.4, -0.2) is 119 Å². The highest BCUT2D eigenvalue weighted by Gasteiger charge is 2.51. The van der Waals surface area contributed by atoms with E-state index >= 15 is 0 Å². The van der Waals surface area contributed by atoms with Crippen molar-refractivity contribution in [2.75, 3.05) is 28.4 Å². The lowest BCUT2D eigenvalue weighted by Crippen LogP contribution is -2.56. The minimum absolute atomic E-state index is 0.0918. The van der Waals surface area contributed by atoms with Gasteiger partial charge >= 0.3 is 12.2 Å². The van der Waals surface area contributed by atoms with Gasteiger partial charge in [0.2, 0.25) is 11.8 Å². The topological polar surface area (TPSA) is 193 Å². The summed E-state index contributed by atoms with van der Waals surface area (Å²) in [6.45, 7) is 3.63. The van der Waals surface area contributed by atoms with Crippen LogP contribution in [0, 0.1) is 35.5 Å². The van der Waals surface area contributed by atoms with Crippen LogP contribution in [0.1, 0.15) is 189 Å². The fraction of sp³-hybridized carbons (Fsp3) is 0.700. The van der Waals surface area contributed by atoms with Gasteiger partial charge in [0, 0.05) is 26.3 Å². The van der Waals surface area contributed by atoms with Gasteiger partial charge in [-0.15, -0.1) is 0 Å². The van der Waals surface area contributed by atoms with Crippen LogP contribution in [0.5, 0.6) is 0 Å². The number of hydrogen-bond donors (Lipinski definition) is 4. The molecule has 16 nitrogen and oxygen atoms in total. The third-order valence-corrected chi connectivity index (χ3v) is 20.5. The number of methoxy groups -OCH3 is 4. The Balaban J connectivity index is 0.803. The van der Waals surface area contributed by atoms with E-state index in [0.717, 1.165) is 97.9 Å². The summed E-state index contributed by atoms with van der Waals surface area (Å²) in [6, 6.07) is 11.9. The van der Waals surface area contributed by atoms with Crippen LogP contribution in [0.25, 0.3) is 22.1 Å². The summed E-state index contributed by atoms with van der Waals surface area (Å²) in [5.41, 5.74) is 6.76. The van der Waals surface area contributed by atoms with Crippen LogP contribution in [0.4, 0.5) is 9.59 Å². The predicted octanol–water partition coefficient (Wildman–Crippen LogP) is 10.9. The van der Waals surface area contributed by atoms with Crippen LogP contribution in [-0.2, 0) is 28.5 Å². The molecule has 2 saturated heterocycles. The fourth-order valence-electron chi connectivity index (χ4n) is 16.2. The Kier molecular flexibility index (Phi) is 15.7. The van der Waals surface area contributed by atoms with E-state index in [4.69, 9.17) is 28.9 Å². The van der Waals surface area contributed by atoms with E-state index in [1.165, 1.54) is 89.6 Å². The average molecular weight is 1050 g/mol. The van der Waals surface area contributed by atoms with Gasteiger partial charge in [0.15, 0.2) is 0 Å². The molecule has 14 rings (SSSR count). The zero-order valence-electron chi connectivity index (χ0n) is 45.9. The SMILES string of the molecule is COC(=O)N[C@H](C(=O)N1C(c2nc3cc(C4C[C@H]5CC[C@@H]4CC[C@@H]4CC[C@H](CC5)C(c5ccc6[nH]c([C@@H]7C[C@@H]8CCCC[C@@H]8N7C(=O)[C@@H](NC(=O)OC)[C@@H](C)OC)nc6c5)C4)ccc3[nH]2)C[C@@H]2CCCC[C@@H]21)[C@@H](C)OC. The molecule has 0 spiro atoms. The monoisotopic (exact) mass is 1040 g/mol. The molecule has 412 valence electrons. The number of aromatic nitrogens is 4. The zero-order chi connectivity index (χ0) is 52.8. The normalized spacial score (nSPS) is 32.1. The van der Waals surface area contributed by atoms with Gasteiger partial charge in [0.25, 0.3) is 0 Å². The summed E-state index contributed by atoms with van der Waals surface area (Å²) >= 11 is 0. The number of fused-ring (bicyclic) bond motifs is 4. The number of likely N-dealkylation sites (tertiary alicyclic amines) is 2. The second-order valence-corrected chi connectivity index (χ2v) is 24.4. The highest BCUT2D eigenvalue weighted by Crippen LogP contribution is 2.52. The number of rotatable bonds is 12. The fourth-order valence-corrected chi connectivity index (χ4v) is 16.2. The van der Waals surface area contributed by atoms with Crippen molar-refractivity contribution < 1.29 is 38.1 Å². The molecule has 4 aromatic rings. The largest absolute Gasteiger partial charge is 0.453 e. The number of nitrogens with zero attached hydrogens (tertiary/aromatic N) is 4. The maximum atomic E-state index is 14.6. The van der Waals surface area contributed by atoms with E-state index in [2.05, 4.69) is 57.0 Å². The number of aromatic amines is 2. The molecule has 8 aliphatic carbocycles. The van der Waals surface area contributed by atoms with Crippen molar-refractivity contribution in [2.45, 2.75) is 203 Å². The Morgan fingerprint density at radius 3 is 1.30 bits per heavy atom. The Bertz CT molecular complexity index is 2540. The maximum Gasteiger partial charge on any atom is 0.407 e. The predicted molar refractivity (Wildman–Crippen MR) is 289 cm³/mol. The molecule has 16 heteroatoms. The van der Waals surface area contributed by atoms with Crippen molar-refractivity contribution in [1.29, 1.82) is 0 Å². The zero-order valence-corrected chi connectivity index (χ0v) is 45.9. The number of imidazole rings is 2. The smallest absolute Gasteiger partial charge is 0.407 e. The van der Waals surface area contributed by atoms with Crippen molar-refractivity contribution in [3.8, 4) is 0 Å². The number of carbonyl (C=O) groups is 4. The summed E-state index contributed by atoms with van der Waals surface area (Å²) in [6.07, 6.45) is 20.4. The lowest BCUT2D eigenvalue weighted by molar-refractivity contribution is -0.141. The van der Waals surface area contributed by atoms with Gasteiger partial charge in [0.1, 0.15) is 23.7 Å². The number of hydrogen-bond acceptors (Lipinski definition) is 10. The quantitative estimate of drug-likeness (QED) is 0.106. The summed E-state index contributed by atoms with van der Waals surface area (Å²) in [5.74, 6) is 5.76. The molecule has 4 heterocycles. The number of H-pyrrole nitrogens is 2. The first kappa shape index (κ1) is 52.8. The maximum absolute atomic E-state index is 14.6. The molecule has 10 aliphatic rings. The van der Waals surface area contributed by atoms with Crippen LogP contribution < -0.4 is 10.6 Å². The molecule has 2 aliphatic heterocycles. The van der Waals surface area contributed by atoms with Gasteiger partial charge in [-0.3, -0.25) is 9.59 Å². The van der Waals surface area contributed by atoms with Gasteiger partial charge in [-0.2, -0.15) is 0 Å². The molecule has 3 unspecified atom stereocenters. The minimum atomic E-state index is -0.876. The van der Waals surface area contributed by atoms with Crippen molar-refractivity contribution in [3.63, 3.8) is 0 Å². The molecule has 4 amide bonds. The molecule has 8 saturated carbocycles. The number of benzene rings is 2. The third kappa shape index (κ3) is 10.3. The summed E-state index contributed by atoms with van der Waals surface area (Å²) in [5, 5.41) is 5.58. The van der Waals surface area contributed by atoms with Crippen LogP contribution in [0.3, 0.4) is 0 Å². The van der Waals surface area contributed by atoms with Gasteiger partial charge in [-0.05, 0) is 174 Å². The molecule has 16 atom stereocenters. The van der Waals surface area contributed by atoms with E-state index in [-0.39, 0.29) is 36.0 Å². The molecule has 4 N–H and O–H groups in total. The summed E-state index contributed by atoms with van der Waals surface area (Å²) in [7, 11) is 5.77. The number of carbonyl (C=O) groups excluding carboxylic acids is 4. The molecule has 2 aromatic heterocycles. The highest BCUT2D eigenvalue weighted by atomic mass is 16.5. The van der Waals surface area contributed by atoms with Crippen molar-refractivity contribution >= 4 is 46.1 Å². The molecule has 4 bridgehead atoms. The number of nitrogens with one attached hydrogen (secondary N) is 4. The van der Waals surface area contributed by atoms with Gasteiger partial charge in [0.05, 0.1) is 60.6 Å². The first-order valence-corrected chi connectivity index (χ1v) is 29.3. The second-order valence-electron chi connectivity index (χ2n) is 24.4. The Morgan fingerprint density at radius 2 is 0.921 bits per heavy atom. The number of amides is 4. The van der Waals surface area contributed by atoms with Gasteiger partial charge < -0.3 is 49.3 Å². The molecule has 76 heavy (non-hydrogen) atoms. The standard InChI is InChI=1S/C60H84N8O8/c1-33(73-3)53(65-59(71)75-5)57(69)67-49-13-9-7-11-41(49)31-51(67)55-61-45-25-23-39(29-47(45)63-55)43-27-35-15-19-37(43)21-17-36-16-20-38(22-18-35)44(28-36)40-24-26-46-48(30-40)64-56(62-46)52-32-42-12-8-10-14-50(42)68(52)58(70)54(34(2)74-4)66-60(72)76-6/h23-26,29-30,33-38,41-44,49-54H,7-22,27-28,31-32H2,1-6H3,(H,61,63)(H,62,64)(H,65,71)(H,66,72)/t33-,34-,35+,36+,37-,38-,41+,42+,43?,44?,49+,50+,51+,52?,53+,54+/m1/s1. The van der Waals surface area contributed by atoms with Crippen LogP contribution in [0.2, 0.25) is 0 Å². The Hall–Kier alpha value is -5.22. The average Bonchev–Trinajstić information content (AvgIpc) is 4.30. The molecular weight excluding hydrogens is 961 g/mol. The first-order chi connectivity index (χ1) is 36.9. The van der Waals surface area contributed by atoms with Crippen LogP contribution in [0.15, 0.2) is 36.4 Å². The van der Waals surface area contributed by atoms with Crippen molar-refractivity contribution in [1.82, 2.24) is 40.4 Å². The number of ether oxygens (including phenoxy) is 4. The van der Waals surface area contributed by atoms with Crippen molar-refractivity contribution in [2.24, 2.45) is 35.5 Å². The van der Waals surface area contributed by atoms with E-state index in [9.17, 15) is 19.2 Å². The molecule has 2 aromatic carbocycles. The Morgan fingerprint density at radius 1 is 0.526 bits per heavy atom. The first-order valence-electron chi connectivity index (χ1n) is 29.3. The lowest BCUT2D eigenvalue weighted by atomic mass is 9.63. The van der Waals surface area contributed by atoms with E-state index in [0.29, 0.717) is 47.3 Å². The minimum Gasteiger partial charge on any atom is -0.453 e. The van der Waals surface area contributed by atoms with Crippen LogP contribution >= 0.6 is 0 Å². The highest BCUT2D eigenvalue weighted by molar-refractivity contribution is 5.88. The Labute approximate surface area is 448 Å². The van der Waals surface area contributed by atoms with Gasteiger partial charge in [-0.1, -0.05) is 63.5 Å². The summed E-state index contributed by atoms with van der Waals surface area (Å²) in [4.78, 5) is 76.3. The molecule has 0 radical (unpaired) electrons. The van der Waals surface area contributed by atoms with Crippen molar-refractivity contribution in [3.05, 3.63) is 59.2 Å².